The smallest absolute Gasteiger partial charge is 0.188 e. The molecule has 0 amide bonds. The number of benzene rings is 1. The fourth-order valence-electron chi connectivity index (χ4n) is 3.41. The predicted octanol–water partition coefficient (Wildman–Crippen LogP) is 3.12. The van der Waals surface area contributed by atoms with Crippen LogP contribution in [-0.4, -0.2) is 59.7 Å². The second-order valence-corrected chi connectivity index (χ2v) is 6.94. The quantitative estimate of drug-likeness (QED) is 0.492. The van der Waals surface area contributed by atoms with Crippen LogP contribution in [-0.2, 0) is 34.9 Å². The fraction of sp³-hybridized carbons (Fsp3) is 0.591. The van der Waals surface area contributed by atoms with Gasteiger partial charge in [-0.25, -0.2) is 0 Å². The van der Waals surface area contributed by atoms with Crippen molar-refractivity contribution in [1.82, 2.24) is 0 Å². The van der Waals surface area contributed by atoms with E-state index in [1.54, 1.807) is 20.3 Å². The molecule has 162 valence electrons. The van der Waals surface area contributed by atoms with Crippen molar-refractivity contribution in [2.45, 2.75) is 37.9 Å². The summed E-state index contributed by atoms with van der Waals surface area (Å²) in [5, 5.41) is 0. The number of hydrogen-bond acceptors (Lipinski definition) is 7. The van der Waals surface area contributed by atoms with E-state index in [-0.39, 0.29) is 26.2 Å². The Hall–Kier alpha value is -1.77. The third-order valence-corrected chi connectivity index (χ3v) is 4.83. The van der Waals surface area contributed by atoms with E-state index in [1.807, 2.05) is 24.3 Å². The first-order valence-corrected chi connectivity index (χ1v) is 9.80. The van der Waals surface area contributed by atoms with Gasteiger partial charge in [0.1, 0.15) is 25.4 Å². The molecule has 29 heavy (non-hydrogen) atoms. The molecule has 0 aromatic heterocycles. The summed E-state index contributed by atoms with van der Waals surface area (Å²) in [5.41, 5.74) is 1.13. The van der Waals surface area contributed by atoms with Crippen LogP contribution in [0.25, 0.3) is 0 Å². The number of allylic oxidation sites excluding steroid dienone is 1. The van der Waals surface area contributed by atoms with Crippen molar-refractivity contribution >= 4 is 5.78 Å². The van der Waals surface area contributed by atoms with Gasteiger partial charge in [0, 0.05) is 21.3 Å². The molecule has 0 aliphatic heterocycles. The van der Waals surface area contributed by atoms with Crippen LogP contribution in [0.2, 0.25) is 0 Å². The molecule has 0 radical (unpaired) electrons. The third kappa shape index (κ3) is 7.87. The largest absolute Gasteiger partial charge is 0.467 e. The number of ether oxygens (including phenoxy) is 6. The van der Waals surface area contributed by atoms with Crippen LogP contribution in [0.1, 0.15) is 24.8 Å². The number of rotatable bonds is 12. The highest BCUT2D eigenvalue weighted by atomic mass is 16.7. The molecule has 7 nitrogen and oxygen atoms in total. The number of hydrogen-bond donors (Lipinski definition) is 0. The molecule has 7 heteroatoms. The lowest BCUT2D eigenvalue weighted by molar-refractivity contribution is -0.171. The van der Waals surface area contributed by atoms with Crippen molar-refractivity contribution in [1.29, 1.82) is 0 Å². The lowest BCUT2D eigenvalue weighted by Crippen LogP contribution is -2.40. The van der Waals surface area contributed by atoms with Gasteiger partial charge < -0.3 is 28.4 Å². The Morgan fingerprint density at radius 2 is 1.69 bits per heavy atom. The number of carbonyl (C=O) groups is 1. The van der Waals surface area contributed by atoms with E-state index >= 15 is 0 Å². The number of carbonyl (C=O) groups excluding carboxylic acids is 1. The van der Waals surface area contributed by atoms with Gasteiger partial charge in [0.15, 0.2) is 12.6 Å². The number of para-hydroxylation sites is 1. The molecule has 0 heterocycles. The Morgan fingerprint density at radius 3 is 2.45 bits per heavy atom. The van der Waals surface area contributed by atoms with Gasteiger partial charge in [-0.3, -0.25) is 4.79 Å². The van der Waals surface area contributed by atoms with Crippen molar-refractivity contribution in [2.75, 3.05) is 41.7 Å². The molecule has 1 aromatic rings. The van der Waals surface area contributed by atoms with Gasteiger partial charge in [0.2, 0.25) is 0 Å². The molecule has 3 atom stereocenters. The van der Waals surface area contributed by atoms with Crippen molar-refractivity contribution in [2.24, 2.45) is 5.92 Å². The van der Waals surface area contributed by atoms with E-state index in [2.05, 4.69) is 6.07 Å². The first-order valence-electron chi connectivity index (χ1n) is 9.80. The molecule has 0 saturated heterocycles. The topological polar surface area (TPSA) is 72.5 Å². The van der Waals surface area contributed by atoms with Crippen molar-refractivity contribution in [3.63, 3.8) is 0 Å². The Kier molecular flexibility index (Phi) is 10.9. The van der Waals surface area contributed by atoms with E-state index in [9.17, 15) is 4.79 Å². The SMILES string of the molecule is COCOc1ccccc1CCC1C/C=C\C(=O)C(OCOC)C(OCOC)C1. The molecule has 0 fully saturated rings. The minimum absolute atomic E-state index is 0.0337. The molecule has 1 aliphatic carbocycles. The fourth-order valence-corrected chi connectivity index (χ4v) is 3.41. The van der Waals surface area contributed by atoms with Gasteiger partial charge in [-0.1, -0.05) is 24.3 Å². The van der Waals surface area contributed by atoms with Crippen molar-refractivity contribution < 1.29 is 33.2 Å². The number of aryl methyl sites for hydroxylation is 1. The zero-order valence-electron chi connectivity index (χ0n) is 17.5. The van der Waals surface area contributed by atoms with Gasteiger partial charge in [0.05, 0.1) is 6.10 Å². The summed E-state index contributed by atoms with van der Waals surface area (Å²) in [6.45, 7) is 0.359. The highest BCUT2D eigenvalue weighted by Gasteiger charge is 2.32. The Labute approximate surface area is 172 Å². The van der Waals surface area contributed by atoms with E-state index in [4.69, 9.17) is 28.4 Å². The summed E-state index contributed by atoms with van der Waals surface area (Å²) in [5.74, 6) is 1.05. The number of ketones is 1. The maximum absolute atomic E-state index is 12.5. The first-order chi connectivity index (χ1) is 14.2. The van der Waals surface area contributed by atoms with E-state index in [1.165, 1.54) is 7.11 Å². The molecular formula is C22H32O7. The molecular weight excluding hydrogens is 376 g/mol. The Bertz CT molecular complexity index is 631. The van der Waals surface area contributed by atoms with Crippen LogP contribution in [0.3, 0.4) is 0 Å². The number of methoxy groups -OCH3 is 3. The molecule has 0 spiro atoms. The highest BCUT2D eigenvalue weighted by Crippen LogP contribution is 2.28. The van der Waals surface area contributed by atoms with Gasteiger partial charge in [-0.15, -0.1) is 0 Å². The van der Waals surface area contributed by atoms with Crippen molar-refractivity contribution in [3.8, 4) is 5.75 Å². The van der Waals surface area contributed by atoms with E-state index < -0.39 is 12.2 Å². The summed E-state index contributed by atoms with van der Waals surface area (Å²) in [6, 6.07) is 7.97. The molecule has 1 aliphatic rings. The van der Waals surface area contributed by atoms with E-state index in [0.29, 0.717) is 12.3 Å². The lowest BCUT2D eigenvalue weighted by Gasteiger charge is -2.30. The van der Waals surface area contributed by atoms with E-state index in [0.717, 1.165) is 30.6 Å². The average Bonchev–Trinajstić information content (AvgIpc) is 2.73. The standard InChI is InChI=1S/C22H32O7/c1-24-14-27-20-10-5-4-8-18(20)12-11-17-7-6-9-19(23)22(29-16-26-3)21(13-17)28-15-25-2/h4-6,8-10,17,21-22H,7,11-16H2,1-3H3/b9-6-. The van der Waals surface area contributed by atoms with Crippen LogP contribution in [0.5, 0.6) is 5.75 Å². The normalized spacial score (nSPS) is 23.4. The predicted molar refractivity (Wildman–Crippen MR) is 108 cm³/mol. The van der Waals surface area contributed by atoms with Crippen LogP contribution >= 0.6 is 0 Å². The summed E-state index contributed by atoms with van der Waals surface area (Å²) in [6.07, 6.45) is 5.68. The van der Waals surface area contributed by atoms with Gasteiger partial charge in [0.25, 0.3) is 0 Å². The zero-order chi connectivity index (χ0) is 20.9. The summed E-state index contributed by atoms with van der Waals surface area (Å²) in [7, 11) is 4.69. The monoisotopic (exact) mass is 408 g/mol. The lowest BCUT2D eigenvalue weighted by atomic mass is 9.86. The molecule has 0 N–H and O–H groups in total. The summed E-state index contributed by atoms with van der Waals surface area (Å²) < 4.78 is 32.2. The minimum atomic E-state index is -0.707. The second kappa shape index (κ2) is 13.5. The Balaban J connectivity index is 2.06. The minimum Gasteiger partial charge on any atom is -0.467 e. The molecule has 2 rings (SSSR count). The molecule has 0 bridgehead atoms. The molecule has 1 aromatic carbocycles. The van der Waals surface area contributed by atoms with Crippen LogP contribution < -0.4 is 4.74 Å². The second-order valence-electron chi connectivity index (χ2n) is 6.94. The summed E-state index contributed by atoms with van der Waals surface area (Å²) >= 11 is 0. The zero-order valence-corrected chi connectivity index (χ0v) is 17.5. The maximum Gasteiger partial charge on any atom is 0.188 e. The van der Waals surface area contributed by atoms with Gasteiger partial charge in [-0.05, 0) is 49.3 Å². The average molecular weight is 408 g/mol. The van der Waals surface area contributed by atoms with Crippen LogP contribution in [0.4, 0.5) is 0 Å². The molecule has 3 unspecified atom stereocenters. The van der Waals surface area contributed by atoms with Crippen LogP contribution in [0.15, 0.2) is 36.4 Å². The maximum atomic E-state index is 12.5. The molecule has 0 saturated carbocycles. The Morgan fingerprint density at radius 1 is 0.966 bits per heavy atom. The van der Waals surface area contributed by atoms with Gasteiger partial charge >= 0.3 is 0 Å². The highest BCUT2D eigenvalue weighted by molar-refractivity contribution is 5.94. The first kappa shape index (κ1) is 23.5. The summed E-state index contributed by atoms with van der Waals surface area (Å²) in [4.78, 5) is 12.5. The van der Waals surface area contributed by atoms with Crippen LogP contribution in [0, 0.1) is 5.92 Å². The third-order valence-electron chi connectivity index (χ3n) is 4.83. The van der Waals surface area contributed by atoms with Crippen molar-refractivity contribution in [3.05, 3.63) is 42.0 Å². The van der Waals surface area contributed by atoms with Gasteiger partial charge in [-0.2, -0.15) is 0 Å².